The molecule has 4 saturated heterocycles. The fourth-order valence-corrected chi connectivity index (χ4v) is 6.02. The van der Waals surface area contributed by atoms with Crippen molar-refractivity contribution in [1.82, 2.24) is 20.0 Å². The molecule has 0 spiro atoms. The maximum Gasteiger partial charge on any atom is 0.469 e. The topological polar surface area (TPSA) is 298 Å². The Morgan fingerprint density at radius 2 is 1.50 bits per heavy atom. The van der Waals surface area contributed by atoms with Crippen LogP contribution >= 0.6 is 15.6 Å². The maximum atomic E-state index is 13.1. The minimum Gasteiger partial charge on any atom is -0.390 e. The molecule has 0 aromatic heterocycles. The van der Waals surface area contributed by atoms with Gasteiger partial charge in [0.15, 0.2) is 0 Å². The summed E-state index contributed by atoms with van der Waals surface area (Å²) in [5.41, 5.74) is 6.23. The Hall–Kier alpha value is -2.03. The summed E-state index contributed by atoms with van der Waals surface area (Å²) in [6.45, 7) is -1.27. The molecule has 5 rings (SSSR count). The van der Waals surface area contributed by atoms with E-state index in [0.29, 0.717) is 5.82 Å². The number of phosphoric ester groups is 2. The minimum atomic E-state index is -4.86. The number of aliphatic hydroxyl groups excluding tert-OH is 2. The van der Waals surface area contributed by atoms with E-state index in [1.54, 1.807) is 6.08 Å². The van der Waals surface area contributed by atoms with Crippen LogP contribution in [0.3, 0.4) is 0 Å². The first kappa shape index (κ1) is 29.5. The molecule has 40 heavy (non-hydrogen) atoms. The number of hydrogen-bond donors (Lipinski definition) is 9. The van der Waals surface area contributed by atoms with E-state index in [0.717, 1.165) is 4.90 Å². The van der Waals surface area contributed by atoms with E-state index >= 15 is 0 Å². The highest BCUT2D eigenvalue weighted by atomic mass is 31.2. The van der Waals surface area contributed by atoms with Gasteiger partial charge < -0.3 is 45.0 Å². The van der Waals surface area contributed by atoms with Crippen molar-refractivity contribution in [2.24, 2.45) is 5.73 Å². The number of nitrogens with zero attached hydrogens (tertiary/aromatic N) is 3. The van der Waals surface area contributed by atoms with Crippen molar-refractivity contribution >= 4 is 33.5 Å². The number of rotatable bonds is 9. The van der Waals surface area contributed by atoms with Crippen LogP contribution in [-0.2, 0) is 27.7 Å². The molecule has 5 heterocycles. The van der Waals surface area contributed by atoms with Crippen LogP contribution in [-0.4, -0.2) is 131 Å². The number of urea groups is 2. The average Bonchev–Trinajstić information content (AvgIpc) is 3.36. The minimum absolute atomic E-state index is 0.0647. The molecule has 0 aromatic rings. The highest BCUT2D eigenvalue weighted by Gasteiger charge is 2.61. The fraction of sp³-hybridized carbons (Fsp3) is 0.722. The molecular formula is C18H28N6O14P2. The zero-order valence-electron chi connectivity index (χ0n) is 20.4. The number of amides is 4. The van der Waals surface area contributed by atoms with Crippen LogP contribution in [0, 0.1) is 5.41 Å². The molecule has 0 aromatic carbocycles. The second-order valence-corrected chi connectivity index (χ2v) is 12.2. The lowest BCUT2D eigenvalue weighted by Gasteiger charge is -2.59. The Morgan fingerprint density at radius 1 is 0.975 bits per heavy atom. The number of ether oxygens (including phenoxy) is 2. The Labute approximate surface area is 225 Å². The molecule has 22 heteroatoms. The average molecular weight is 614 g/mol. The lowest BCUT2D eigenvalue weighted by atomic mass is 9.88. The van der Waals surface area contributed by atoms with Gasteiger partial charge in [-0.15, -0.1) is 0 Å². The second-order valence-electron chi connectivity index (χ2n) is 9.74. The van der Waals surface area contributed by atoms with Gasteiger partial charge in [-0.25, -0.2) is 18.7 Å². The van der Waals surface area contributed by atoms with E-state index < -0.39 is 95.9 Å². The number of carbonyl (C=O) groups excluding carboxylic acids is 2. The van der Waals surface area contributed by atoms with Gasteiger partial charge >= 0.3 is 27.7 Å². The Morgan fingerprint density at radius 3 is 2.02 bits per heavy atom. The van der Waals surface area contributed by atoms with Crippen molar-refractivity contribution in [3.63, 3.8) is 0 Å². The number of phosphoric acid groups is 2. The first-order valence-corrected chi connectivity index (χ1v) is 15.0. The van der Waals surface area contributed by atoms with Crippen LogP contribution in [0.25, 0.3) is 0 Å². The third-order valence-corrected chi connectivity index (χ3v) is 8.16. The molecule has 0 radical (unpaired) electrons. The van der Waals surface area contributed by atoms with E-state index in [1.807, 2.05) is 0 Å². The molecule has 5 aliphatic rings. The normalized spacial score (nSPS) is 38.2. The van der Waals surface area contributed by atoms with E-state index in [-0.39, 0.29) is 18.7 Å². The summed E-state index contributed by atoms with van der Waals surface area (Å²) >= 11 is 0. The summed E-state index contributed by atoms with van der Waals surface area (Å²) in [5.74, 6) is 0.0294. The Balaban J connectivity index is 1.30. The van der Waals surface area contributed by atoms with Crippen molar-refractivity contribution in [1.29, 1.82) is 5.41 Å². The predicted molar refractivity (Wildman–Crippen MR) is 125 cm³/mol. The third kappa shape index (κ3) is 5.43. The molecule has 0 bridgehead atoms. The largest absolute Gasteiger partial charge is 0.469 e. The van der Waals surface area contributed by atoms with Gasteiger partial charge in [-0.1, -0.05) is 0 Å². The molecule has 0 saturated carbocycles. The fourth-order valence-electron chi connectivity index (χ4n) is 5.33. The number of nitrogens with one attached hydrogen (secondary N) is 2. The van der Waals surface area contributed by atoms with Gasteiger partial charge in [-0.05, 0) is 6.08 Å². The SMILES string of the molecule is N=C1NC(=O)N(C2CC(O)C(COP(=O)(O)O)O2)C(C2C=C3N(C4CC(O)C(COP(=O)(O)O)O4)C(=O)N32)C1N. The Kier molecular flexibility index (Phi) is 7.63. The van der Waals surface area contributed by atoms with Gasteiger partial charge in [0.2, 0.25) is 0 Å². The second kappa shape index (κ2) is 10.4. The summed E-state index contributed by atoms with van der Waals surface area (Å²) < 4.78 is 42.0. The summed E-state index contributed by atoms with van der Waals surface area (Å²) in [6.07, 6.45) is -5.48. The van der Waals surface area contributed by atoms with Crippen LogP contribution < -0.4 is 11.1 Å². The molecule has 0 aliphatic carbocycles. The van der Waals surface area contributed by atoms with E-state index in [4.69, 9.17) is 40.2 Å². The van der Waals surface area contributed by atoms with Gasteiger partial charge in [-0.3, -0.25) is 34.5 Å². The number of nitrogens with two attached hydrogens (primary N) is 1. The molecule has 9 unspecified atom stereocenters. The first-order valence-electron chi connectivity index (χ1n) is 11.9. The van der Waals surface area contributed by atoms with Crippen LogP contribution in [0.2, 0.25) is 0 Å². The summed E-state index contributed by atoms with van der Waals surface area (Å²) in [4.78, 5) is 65.3. The van der Waals surface area contributed by atoms with E-state index in [2.05, 4.69) is 14.4 Å². The Bertz CT molecular complexity index is 1210. The zero-order chi connectivity index (χ0) is 29.3. The molecule has 9 atom stereocenters. The van der Waals surface area contributed by atoms with Gasteiger partial charge in [-0.2, -0.15) is 0 Å². The van der Waals surface area contributed by atoms with E-state index in [1.165, 1.54) is 9.80 Å². The first-order chi connectivity index (χ1) is 18.6. The van der Waals surface area contributed by atoms with Crippen LogP contribution in [0.15, 0.2) is 11.9 Å². The van der Waals surface area contributed by atoms with Gasteiger partial charge in [0.1, 0.15) is 36.3 Å². The van der Waals surface area contributed by atoms with Gasteiger partial charge in [0.05, 0.1) is 43.5 Å². The van der Waals surface area contributed by atoms with Crippen molar-refractivity contribution in [2.75, 3.05) is 13.2 Å². The number of carbonyl (C=O) groups is 2. The molecule has 4 amide bonds. The third-order valence-electron chi connectivity index (χ3n) is 7.19. The number of amidine groups is 1. The van der Waals surface area contributed by atoms with Crippen LogP contribution in [0.5, 0.6) is 0 Å². The number of aliphatic hydroxyl groups is 2. The van der Waals surface area contributed by atoms with Crippen molar-refractivity contribution in [3.05, 3.63) is 11.9 Å². The van der Waals surface area contributed by atoms with Gasteiger partial charge in [0, 0.05) is 12.8 Å². The number of fused-ring (bicyclic) bond motifs is 1. The summed E-state index contributed by atoms with van der Waals surface area (Å²) in [5, 5.41) is 30.9. The maximum absolute atomic E-state index is 13.1. The molecule has 224 valence electrons. The van der Waals surface area contributed by atoms with Crippen LogP contribution in [0.4, 0.5) is 9.59 Å². The van der Waals surface area contributed by atoms with E-state index in [9.17, 15) is 28.9 Å². The monoisotopic (exact) mass is 614 g/mol. The summed E-state index contributed by atoms with van der Waals surface area (Å²) in [7, 11) is -9.66. The van der Waals surface area contributed by atoms with Crippen molar-refractivity contribution in [2.45, 2.75) is 67.8 Å². The highest BCUT2D eigenvalue weighted by Crippen LogP contribution is 2.46. The lowest BCUT2D eigenvalue weighted by molar-refractivity contribution is -0.105. The van der Waals surface area contributed by atoms with Crippen LogP contribution in [0.1, 0.15) is 12.8 Å². The molecule has 5 aliphatic heterocycles. The standard InChI is InChI=1S/C18H28N6O14P2/c19-14-15(24(17(27)21-16(14)20)13-3-8(26)10(38-13)5-36-40(32,33)34)6-1-11-22(6)18(28)23(11)12-2-7(25)9(37-12)4-35-39(29,30)31/h1,6-10,12-15,25-26H,2-5,19H2,(H2,20,21,27)(H2,29,30,31)(H2,32,33,34). The number of hydrogen-bond acceptors (Lipinski definition) is 12. The molecule has 4 fully saturated rings. The quantitative estimate of drug-likeness (QED) is 0.116. The predicted octanol–water partition coefficient (Wildman–Crippen LogP) is -3.18. The smallest absolute Gasteiger partial charge is 0.390 e. The molecular weight excluding hydrogens is 586 g/mol. The molecule has 10 N–H and O–H groups in total. The van der Waals surface area contributed by atoms with Gasteiger partial charge in [0.25, 0.3) is 0 Å². The highest BCUT2D eigenvalue weighted by molar-refractivity contribution is 7.46. The van der Waals surface area contributed by atoms with Crippen molar-refractivity contribution < 1.29 is 67.0 Å². The lowest BCUT2D eigenvalue weighted by Crippen LogP contribution is -2.78. The van der Waals surface area contributed by atoms with Crippen molar-refractivity contribution in [3.8, 4) is 0 Å². The zero-order valence-corrected chi connectivity index (χ0v) is 22.2. The molecule has 20 nitrogen and oxygen atoms in total. The summed E-state index contributed by atoms with van der Waals surface area (Å²) in [6, 6.07) is -4.36.